The second-order valence-corrected chi connectivity index (χ2v) is 4.85. The Kier molecular flexibility index (Phi) is 5.20. The number of aryl methyl sites for hydroxylation is 1. The van der Waals surface area contributed by atoms with Gasteiger partial charge in [0, 0.05) is 5.39 Å². The third-order valence-corrected chi connectivity index (χ3v) is 3.40. The number of ether oxygens (including phenoxy) is 2. The highest BCUT2D eigenvalue weighted by Gasteiger charge is 2.27. The number of esters is 1. The van der Waals surface area contributed by atoms with E-state index in [0.717, 1.165) is 17.4 Å². The summed E-state index contributed by atoms with van der Waals surface area (Å²) in [7, 11) is 0. The van der Waals surface area contributed by atoms with Crippen LogP contribution in [0.25, 0.3) is 10.9 Å². The molecule has 22 heavy (non-hydrogen) atoms. The van der Waals surface area contributed by atoms with Gasteiger partial charge in [0.2, 0.25) is 0 Å². The summed E-state index contributed by atoms with van der Waals surface area (Å²) in [6, 6.07) is 7.46. The number of hydrogen-bond acceptors (Lipinski definition) is 4. The summed E-state index contributed by atoms with van der Waals surface area (Å²) in [4.78, 5) is 24.7. The van der Waals surface area contributed by atoms with E-state index < -0.39 is 12.1 Å². The number of aromatic nitrogens is 1. The molecule has 0 spiro atoms. The van der Waals surface area contributed by atoms with Gasteiger partial charge < -0.3 is 9.47 Å². The van der Waals surface area contributed by atoms with Gasteiger partial charge in [0.25, 0.3) is 0 Å². The molecule has 118 valence electrons. The minimum atomic E-state index is -0.552. The zero-order valence-corrected chi connectivity index (χ0v) is 13.2. The first-order valence-corrected chi connectivity index (χ1v) is 7.62. The van der Waals surface area contributed by atoms with Gasteiger partial charge in [-0.05, 0) is 31.9 Å². The average Bonchev–Trinajstić information content (AvgIpc) is 2.83. The molecule has 1 aromatic heterocycles. The second kappa shape index (κ2) is 7.11. The van der Waals surface area contributed by atoms with Gasteiger partial charge in [0.05, 0.1) is 18.7 Å². The number of carbonyl (C=O) groups excluding carboxylic acids is 2. The molecule has 1 aromatic carbocycles. The SMILES string of the molecule is CCCc1c(C(=O)OCC)n(C(=O)OCC)c2ccccc12. The van der Waals surface area contributed by atoms with Crippen LogP contribution in [-0.2, 0) is 15.9 Å². The van der Waals surface area contributed by atoms with E-state index in [2.05, 4.69) is 0 Å². The first-order valence-electron chi connectivity index (χ1n) is 7.62. The Bertz CT molecular complexity index is 687. The van der Waals surface area contributed by atoms with Crippen LogP contribution in [-0.4, -0.2) is 29.8 Å². The van der Waals surface area contributed by atoms with Crippen molar-refractivity contribution in [3.8, 4) is 0 Å². The van der Waals surface area contributed by atoms with Crippen molar-refractivity contribution >= 4 is 23.0 Å². The van der Waals surface area contributed by atoms with E-state index in [1.54, 1.807) is 13.8 Å². The Hall–Kier alpha value is -2.30. The number of hydrogen-bond donors (Lipinski definition) is 0. The molecule has 0 saturated carbocycles. The number of carbonyl (C=O) groups is 2. The van der Waals surface area contributed by atoms with E-state index in [0.29, 0.717) is 11.9 Å². The quantitative estimate of drug-likeness (QED) is 0.789. The van der Waals surface area contributed by atoms with Crippen molar-refractivity contribution in [1.82, 2.24) is 4.57 Å². The summed E-state index contributed by atoms with van der Waals surface area (Å²) < 4.78 is 11.6. The molecular weight excluding hydrogens is 282 g/mol. The fourth-order valence-corrected chi connectivity index (χ4v) is 2.60. The average molecular weight is 303 g/mol. The maximum Gasteiger partial charge on any atom is 0.419 e. The molecule has 0 unspecified atom stereocenters. The lowest BCUT2D eigenvalue weighted by Crippen LogP contribution is -2.21. The van der Waals surface area contributed by atoms with Gasteiger partial charge in [-0.25, -0.2) is 14.2 Å². The standard InChI is InChI=1S/C17H21NO4/c1-4-9-13-12-10-7-8-11-14(12)18(17(20)22-6-3)15(13)16(19)21-5-2/h7-8,10-11H,4-6,9H2,1-3H3. The third-order valence-electron chi connectivity index (χ3n) is 3.40. The second-order valence-electron chi connectivity index (χ2n) is 4.85. The molecule has 0 amide bonds. The normalized spacial score (nSPS) is 10.7. The van der Waals surface area contributed by atoms with Crippen LogP contribution in [0.15, 0.2) is 24.3 Å². The molecule has 0 aliphatic carbocycles. The molecule has 5 heteroatoms. The number of fused-ring (bicyclic) bond motifs is 1. The van der Waals surface area contributed by atoms with E-state index >= 15 is 0 Å². The zero-order chi connectivity index (χ0) is 16.1. The van der Waals surface area contributed by atoms with Gasteiger partial charge in [0.15, 0.2) is 0 Å². The molecule has 0 radical (unpaired) electrons. The highest BCUT2D eigenvalue weighted by molar-refractivity contribution is 6.04. The van der Waals surface area contributed by atoms with Crippen molar-refractivity contribution in [3.63, 3.8) is 0 Å². The molecule has 2 aromatic rings. The van der Waals surface area contributed by atoms with Gasteiger partial charge in [-0.15, -0.1) is 0 Å². The van der Waals surface area contributed by atoms with E-state index in [4.69, 9.17) is 9.47 Å². The monoisotopic (exact) mass is 303 g/mol. The summed E-state index contributed by atoms with van der Waals surface area (Å²) in [6.45, 7) is 6.02. The summed E-state index contributed by atoms with van der Waals surface area (Å²) in [6.07, 6.45) is 1.01. The fraction of sp³-hybridized carbons (Fsp3) is 0.412. The highest BCUT2D eigenvalue weighted by atomic mass is 16.6. The van der Waals surface area contributed by atoms with Crippen molar-refractivity contribution in [2.24, 2.45) is 0 Å². The largest absolute Gasteiger partial charge is 0.461 e. The summed E-state index contributed by atoms with van der Waals surface area (Å²) in [5.41, 5.74) is 1.79. The van der Waals surface area contributed by atoms with Crippen LogP contribution in [0.4, 0.5) is 4.79 Å². The highest BCUT2D eigenvalue weighted by Crippen LogP contribution is 2.28. The topological polar surface area (TPSA) is 57.5 Å². The smallest absolute Gasteiger partial charge is 0.419 e. The Morgan fingerprint density at radius 1 is 1.05 bits per heavy atom. The molecule has 1 heterocycles. The van der Waals surface area contributed by atoms with Crippen molar-refractivity contribution in [3.05, 3.63) is 35.5 Å². The van der Waals surface area contributed by atoms with E-state index in [1.807, 2.05) is 31.2 Å². The Balaban J connectivity index is 2.74. The fourth-order valence-electron chi connectivity index (χ4n) is 2.60. The number of nitrogens with zero attached hydrogens (tertiary/aromatic N) is 1. The van der Waals surface area contributed by atoms with E-state index in [1.165, 1.54) is 4.57 Å². The van der Waals surface area contributed by atoms with Crippen molar-refractivity contribution in [2.45, 2.75) is 33.6 Å². The molecule has 0 aliphatic rings. The lowest BCUT2D eigenvalue weighted by Gasteiger charge is -2.09. The molecule has 5 nitrogen and oxygen atoms in total. The van der Waals surface area contributed by atoms with Gasteiger partial charge in [-0.2, -0.15) is 0 Å². The summed E-state index contributed by atoms with van der Waals surface area (Å²) in [5.74, 6) is -0.491. The summed E-state index contributed by atoms with van der Waals surface area (Å²) in [5, 5.41) is 0.889. The van der Waals surface area contributed by atoms with Crippen LogP contribution in [0.1, 0.15) is 43.2 Å². The molecule has 0 bridgehead atoms. The van der Waals surface area contributed by atoms with Crippen molar-refractivity contribution in [1.29, 1.82) is 0 Å². The van der Waals surface area contributed by atoms with Gasteiger partial charge in [0.1, 0.15) is 5.69 Å². The van der Waals surface area contributed by atoms with Crippen LogP contribution in [0.5, 0.6) is 0 Å². The first kappa shape index (κ1) is 16.1. The molecule has 0 fully saturated rings. The lowest BCUT2D eigenvalue weighted by atomic mass is 10.1. The Labute approximate surface area is 129 Å². The maximum atomic E-state index is 12.4. The predicted octanol–water partition coefficient (Wildman–Crippen LogP) is 3.78. The third kappa shape index (κ3) is 2.84. The molecule has 0 N–H and O–H groups in total. The van der Waals surface area contributed by atoms with Crippen molar-refractivity contribution < 1.29 is 19.1 Å². The minimum Gasteiger partial charge on any atom is -0.461 e. The lowest BCUT2D eigenvalue weighted by molar-refractivity contribution is 0.0510. The van der Waals surface area contributed by atoms with E-state index in [9.17, 15) is 9.59 Å². The van der Waals surface area contributed by atoms with Gasteiger partial charge >= 0.3 is 12.1 Å². The number of para-hydroxylation sites is 1. The van der Waals surface area contributed by atoms with Crippen LogP contribution >= 0.6 is 0 Å². The van der Waals surface area contributed by atoms with Crippen LogP contribution in [0.2, 0.25) is 0 Å². The van der Waals surface area contributed by atoms with Crippen LogP contribution < -0.4 is 0 Å². The molecule has 0 aliphatic heterocycles. The molecule has 0 saturated heterocycles. The summed E-state index contributed by atoms with van der Waals surface area (Å²) >= 11 is 0. The zero-order valence-electron chi connectivity index (χ0n) is 13.2. The minimum absolute atomic E-state index is 0.247. The number of benzene rings is 1. The maximum absolute atomic E-state index is 12.4. The molecule has 0 atom stereocenters. The number of rotatable bonds is 5. The van der Waals surface area contributed by atoms with Crippen LogP contribution in [0.3, 0.4) is 0 Å². The predicted molar refractivity (Wildman–Crippen MR) is 84.3 cm³/mol. The molecule has 2 rings (SSSR count). The Morgan fingerprint density at radius 2 is 1.73 bits per heavy atom. The van der Waals surface area contributed by atoms with Gasteiger partial charge in [-0.1, -0.05) is 31.5 Å². The van der Waals surface area contributed by atoms with Crippen LogP contribution in [0, 0.1) is 0 Å². The first-order chi connectivity index (χ1) is 10.7. The van der Waals surface area contributed by atoms with E-state index in [-0.39, 0.29) is 18.9 Å². The molecular formula is C17H21NO4. The van der Waals surface area contributed by atoms with Gasteiger partial charge in [-0.3, -0.25) is 0 Å². The van der Waals surface area contributed by atoms with Crippen molar-refractivity contribution in [2.75, 3.05) is 13.2 Å². The Morgan fingerprint density at radius 3 is 2.36 bits per heavy atom.